The molecule has 98 valence electrons. The maximum atomic E-state index is 5.24. The summed E-state index contributed by atoms with van der Waals surface area (Å²) >= 11 is 1.77. The third-order valence-electron chi connectivity index (χ3n) is 2.96. The van der Waals surface area contributed by atoms with Crippen LogP contribution in [0, 0.1) is 0 Å². The van der Waals surface area contributed by atoms with Crippen LogP contribution in [0.1, 0.15) is 5.56 Å². The first kappa shape index (κ1) is 12.3. The quantitative estimate of drug-likeness (QED) is 0.897. The van der Waals surface area contributed by atoms with E-state index in [9.17, 15) is 0 Å². The van der Waals surface area contributed by atoms with Gasteiger partial charge in [-0.2, -0.15) is 0 Å². The zero-order valence-corrected chi connectivity index (χ0v) is 11.4. The van der Waals surface area contributed by atoms with Gasteiger partial charge in [0.05, 0.1) is 12.8 Å². The second kappa shape index (κ2) is 5.50. The Bertz CT molecular complexity index is 562. The van der Waals surface area contributed by atoms with Gasteiger partial charge < -0.3 is 10.1 Å². The molecule has 1 unspecified atom stereocenters. The molecule has 2 N–H and O–H groups in total. The number of aromatic nitrogens is 1. The summed E-state index contributed by atoms with van der Waals surface area (Å²) in [5.74, 6) is 0.892. The Labute approximate surface area is 116 Å². The third-order valence-corrected chi connectivity index (χ3v) is 4.07. The fraction of sp³-hybridized carbons (Fsp3) is 0.214. The molecule has 1 atom stereocenters. The molecule has 0 saturated carbocycles. The zero-order valence-electron chi connectivity index (χ0n) is 10.6. The van der Waals surface area contributed by atoms with Gasteiger partial charge in [-0.15, -0.1) is 0 Å². The van der Waals surface area contributed by atoms with Crippen LogP contribution in [0.4, 0.5) is 5.69 Å². The lowest BCUT2D eigenvalue weighted by atomic mass is 10.3. The van der Waals surface area contributed by atoms with E-state index in [0.717, 1.165) is 18.0 Å². The highest BCUT2D eigenvalue weighted by Gasteiger charge is 2.21. The first-order valence-corrected chi connectivity index (χ1v) is 6.96. The van der Waals surface area contributed by atoms with Gasteiger partial charge in [0.1, 0.15) is 11.2 Å². The molecule has 0 spiro atoms. The van der Waals surface area contributed by atoms with Crippen molar-refractivity contribution in [3.05, 3.63) is 48.3 Å². The molecule has 2 heterocycles. The monoisotopic (exact) mass is 273 g/mol. The SMILES string of the molecule is COc1ccc2c(c1)SC(NCc1ccncc1)N2. The molecule has 0 fully saturated rings. The minimum Gasteiger partial charge on any atom is -0.497 e. The molecule has 1 aromatic heterocycles. The molecular formula is C14H15N3OS. The summed E-state index contributed by atoms with van der Waals surface area (Å²) in [6.07, 6.45) is 3.62. The highest BCUT2D eigenvalue weighted by atomic mass is 32.2. The zero-order chi connectivity index (χ0) is 13.1. The fourth-order valence-electron chi connectivity index (χ4n) is 1.95. The maximum absolute atomic E-state index is 5.24. The van der Waals surface area contributed by atoms with Crippen LogP contribution in [0.2, 0.25) is 0 Å². The van der Waals surface area contributed by atoms with Crippen LogP contribution in [-0.4, -0.2) is 17.6 Å². The number of nitrogens with one attached hydrogen (secondary N) is 2. The summed E-state index contributed by atoms with van der Waals surface area (Å²) in [7, 11) is 1.69. The number of hydrogen-bond donors (Lipinski definition) is 2. The molecule has 0 aliphatic carbocycles. The van der Waals surface area contributed by atoms with Crippen molar-refractivity contribution in [2.75, 3.05) is 12.4 Å². The number of ether oxygens (including phenoxy) is 1. The van der Waals surface area contributed by atoms with Crippen LogP contribution in [0.3, 0.4) is 0 Å². The number of hydrogen-bond acceptors (Lipinski definition) is 5. The number of nitrogens with zero attached hydrogens (tertiary/aromatic N) is 1. The fourth-order valence-corrected chi connectivity index (χ4v) is 2.99. The van der Waals surface area contributed by atoms with Crippen LogP contribution in [0.5, 0.6) is 5.75 Å². The lowest BCUT2D eigenvalue weighted by Crippen LogP contribution is -2.29. The number of anilines is 1. The minimum atomic E-state index is 0.190. The van der Waals surface area contributed by atoms with E-state index in [0.29, 0.717) is 0 Å². The van der Waals surface area contributed by atoms with Crippen molar-refractivity contribution in [1.82, 2.24) is 10.3 Å². The lowest BCUT2D eigenvalue weighted by molar-refractivity contribution is 0.414. The molecule has 0 saturated heterocycles. The molecule has 0 radical (unpaired) electrons. The molecule has 2 aromatic rings. The van der Waals surface area contributed by atoms with Gasteiger partial charge >= 0.3 is 0 Å². The van der Waals surface area contributed by atoms with Crippen LogP contribution < -0.4 is 15.4 Å². The van der Waals surface area contributed by atoms with Gasteiger partial charge in [0.2, 0.25) is 0 Å². The average Bonchev–Trinajstić information content (AvgIpc) is 2.88. The summed E-state index contributed by atoms with van der Waals surface area (Å²) in [5, 5.41) is 6.90. The summed E-state index contributed by atoms with van der Waals surface area (Å²) in [5.41, 5.74) is 2.57. The molecule has 19 heavy (non-hydrogen) atoms. The molecular weight excluding hydrogens is 258 g/mol. The van der Waals surface area contributed by atoms with Crippen molar-refractivity contribution in [3.63, 3.8) is 0 Å². The average molecular weight is 273 g/mol. The Balaban J connectivity index is 1.61. The van der Waals surface area contributed by atoms with Gasteiger partial charge in [0.15, 0.2) is 0 Å². The van der Waals surface area contributed by atoms with Crippen molar-refractivity contribution < 1.29 is 4.74 Å². The third kappa shape index (κ3) is 2.83. The van der Waals surface area contributed by atoms with Crippen molar-refractivity contribution in [2.24, 2.45) is 0 Å². The van der Waals surface area contributed by atoms with Crippen LogP contribution in [-0.2, 0) is 6.54 Å². The predicted octanol–water partition coefficient (Wildman–Crippen LogP) is 2.68. The minimum absolute atomic E-state index is 0.190. The van der Waals surface area contributed by atoms with E-state index in [2.05, 4.69) is 27.8 Å². The second-order valence-electron chi connectivity index (χ2n) is 4.24. The highest BCUT2D eigenvalue weighted by Crippen LogP contribution is 2.39. The molecule has 5 heteroatoms. The Morgan fingerprint density at radius 2 is 2.16 bits per heavy atom. The predicted molar refractivity (Wildman–Crippen MR) is 77.3 cm³/mol. The van der Waals surface area contributed by atoms with Gasteiger partial charge in [-0.05, 0) is 35.9 Å². The number of pyridine rings is 1. The highest BCUT2D eigenvalue weighted by molar-refractivity contribution is 8.00. The van der Waals surface area contributed by atoms with Gasteiger partial charge in [0.25, 0.3) is 0 Å². The maximum Gasteiger partial charge on any atom is 0.130 e. The van der Waals surface area contributed by atoms with Crippen LogP contribution in [0.25, 0.3) is 0 Å². The van der Waals surface area contributed by atoms with Crippen LogP contribution in [0.15, 0.2) is 47.6 Å². The number of rotatable bonds is 4. The van der Waals surface area contributed by atoms with Crippen molar-refractivity contribution >= 4 is 17.4 Å². The Morgan fingerprint density at radius 3 is 2.95 bits per heavy atom. The van der Waals surface area contributed by atoms with Gasteiger partial charge in [-0.1, -0.05) is 11.8 Å². The summed E-state index contributed by atoms with van der Waals surface area (Å²) < 4.78 is 5.24. The first-order valence-electron chi connectivity index (χ1n) is 6.09. The van der Waals surface area contributed by atoms with E-state index in [1.807, 2.05) is 30.6 Å². The molecule has 0 bridgehead atoms. The molecule has 1 aliphatic rings. The Kier molecular flexibility index (Phi) is 3.57. The summed E-state index contributed by atoms with van der Waals surface area (Å²) in [6.45, 7) is 0.818. The van der Waals surface area contributed by atoms with E-state index in [1.54, 1.807) is 18.9 Å². The number of thioether (sulfide) groups is 1. The number of fused-ring (bicyclic) bond motifs is 1. The van der Waals surface area contributed by atoms with E-state index >= 15 is 0 Å². The molecule has 1 aliphatic heterocycles. The first-order chi connectivity index (χ1) is 9.35. The van der Waals surface area contributed by atoms with Crippen LogP contribution >= 0.6 is 11.8 Å². The molecule has 0 amide bonds. The standard InChI is InChI=1S/C14H15N3OS/c1-18-11-2-3-12-13(8-11)19-14(17-12)16-9-10-4-6-15-7-5-10/h2-8,14,16-17H,9H2,1H3. The van der Waals surface area contributed by atoms with Crippen molar-refractivity contribution in [3.8, 4) is 5.75 Å². The number of methoxy groups -OCH3 is 1. The Hall–Kier alpha value is -1.72. The second-order valence-corrected chi connectivity index (χ2v) is 5.39. The van der Waals surface area contributed by atoms with E-state index in [4.69, 9.17) is 4.74 Å². The van der Waals surface area contributed by atoms with Gasteiger partial charge in [0, 0.05) is 23.8 Å². The molecule has 1 aromatic carbocycles. The molecule has 3 rings (SSSR count). The van der Waals surface area contributed by atoms with E-state index in [1.165, 1.54) is 10.5 Å². The van der Waals surface area contributed by atoms with Gasteiger partial charge in [-0.25, -0.2) is 0 Å². The number of benzene rings is 1. The summed E-state index contributed by atoms with van der Waals surface area (Å²) in [4.78, 5) is 5.23. The summed E-state index contributed by atoms with van der Waals surface area (Å²) in [6, 6.07) is 10.1. The van der Waals surface area contributed by atoms with Crippen molar-refractivity contribution in [2.45, 2.75) is 16.9 Å². The lowest BCUT2D eigenvalue weighted by Gasteiger charge is -2.12. The van der Waals surface area contributed by atoms with Crippen molar-refractivity contribution in [1.29, 1.82) is 0 Å². The normalized spacial score (nSPS) is 16.8. The van der Waals surface area contributed by atoms with E-state index < -0.39 is 0 Å². The van der Waals surface area contributed by atoms with E-state index in [-0.39, 0.29) is 5.50 Å². The smallest absolute Gasteiger partial charge is 0.130 e. The van der Waals surface area contributed by atoms with Gasteiger partial charge in [-0.3, -0.25) is 10.3 Å². The largest absolute Gasteiger partial charge is 0.497 e. The topological polar surface area (TPSA) is 46.2 Å². The Morgan fingerprint density at radius 1 is 1.32 bits per heavy atom. The molecule has 4 nitrogen and oxygen atoms in total.